The van der Waals surface area contributed by atoms with E-state index >= 15 is 0 Å². The normalized spacial score (nSPS) is 14.7. The number of benzene rings is 1. The van der Waals surface area contributed by atoms with Gasteiger partial charge in [0, 0.05) is 12.7 Å². The van der Waals surface area contributed by atoms with Crippen molar-refractivity contribution >= 4 is 11.6 Å². The molecule has 3 rings (SSSR count). The lowest BCUT2D eigenvalue weighted by molar-refractivity contribution is 0.663. The van der Waals surface area contributed by atoms with Crippen molar-refractivity contribution in [2.24, 2.45) is 17.8 Å². The predicted octanol–water partition coefficient (Wildman–Crippen LogP) is 2.53. The lowest BCUT2D eigenvalue weighted by Gasteiger charge is -2.11. The van der Waals surface area contributed by atoms with Crippen LogP contribution in [0.5, 0.6) is 0 Å². The minimum Gasteiger partial charge on any atom is -0.370 e. The van der Waals surface area contributed by atoms with E-state index in [4.69, 9.17) is 5.73 Å². The van der Waals surface area contributed by atoms with Crippen molar-refractivity contribution in [1.29, 1.82) is 0 Å². The standard InChI is InChI=1S/C17H23N5/c1-12-6-5-7-13(10-12)20-17(18)19-11-16-14-8-3-4-9-15(14)21-22(16)2/h5-7,10H,3-4,8-9,11H2,1-2H3,(H3,18,19,20). The maximum absolute atomic E-state index is 6.01. The monoisotopic (exact) mass is 297 g/mol. The topological polar surface area (TPSA) is 68.2 Å². The molecule has 0 fully saturated rings. The average molecular weight is 297 g/mol. The molecule has 0 atom stereocenters. The smallest absolute Gasteiger partial charge is 0.193 e. The van der Waals surface area contributed by atoms with Gasteiger partial charge >= 0.3 is 0 Å². The molecule has 0 amide bonds. The molecule has 0 unspecified atom stereocenters. The first-order chi connectivity index (χ1) is 10.6. The number of guanidine groups is 1. The van der Waals surface area contributed by atoms with Crippen LogP contribution >= 0.6 is 0 Å². The summed E-state index contributed by atoms with van der Waals surface area (Å²) in [5.41, 5.74) is 12.0. The SMILES string of the molecule is Cc1cccc(NC(N)=NCc2c3c(nn2C)CCCC3)c1. The molecular weight excluding hydrogens is 274 g/mol. The fourth-order valence-corrected chi connectivity index (χ4v) is 3.02. The highest BCUT2D eigenvalue weighted by Crippen LogP contribution is 2.24. The van der Waals surface area contributed by atoms with Crippen molar-refractivity contribution in [2.45, 2.75) is 39.2 Å². The van der Waals surface area contributed by atoms with Crippen LogP contribution in [-0.2, 0) is 26.4 Å². The van der Waals surface area contributed by atoms with Crippen LogP contribution in [0.25, 0.3) is 0 Å². The highest BCUT2D eigenvalue weighted by Gasteiger charge is 2.18. The summed E-state index contributed by atoms with van der Waals surface area (Å²) in [5.74, 6) is 0.441. The first-order valence-corrected chi connectivity index (χ1v) is 7.80. The molecule has 0 bridgehead atoms. The lowest BCUT2D eigenvalue weighted by atomic mass is 9.96. The molecule has 0 saturated heterocycles. The zero-order valence-corrected chi connectivity index (χ0v) is 13.3. The number of aryl methyl sites for hydroxylation is 3. The van der Waals surface area contributed by atoms with Crippen molar-refractivity contribution in [3.05, 3.63) is 46.8 Å². The third kappa shape index (κ3) is 3.13. The van der Waals surface area contributed by atoms with Crippen molar-refractivity contribution in [3.8, 4) is 0 Å². The van der Waals surface area contributed by atoms with Crippen LogP contribution in [0.15, 0.2) is 29.3 Å². The minimum atomic E-state index is 0.441. The molecule has 1 aliphatic rings. The van der Waals surface area contributed by atoms with Crippen molar-refractivity contribution in [2.75, 3.05) is 5.32 Å². The van der Waals surface area contributed by atoms with E-state index in [0.29, 0.717) is 12.5 Å². The number of nitrogens with zero attached hydrogens (tertiary/aromatic N) is 3. The largest absolute Gasteiger partial charge is 0.370 e. The van der Waals surface area contributed by atoms with E-state index in [1.165, 1.54) is 35.4 Å². The lowest BCUT2D eigenvalue weighted by Crippen LogP contribution is -2.23. The van der Waals surface area contributed by atoms with Crippen LogP contribution in [0.3, 0.4) is 0 Å². The summed E-state index contributed by atoms with van der Waals surface area (Å²) in [4.78, 5) is 4.48. The molecule has 2 aromatic rings. The molecule has 0 radical (unpaired) electrons. The van der Waals surface area contributed by atoms with Gasteiger partial charge in [0.2, 0.25) is 0 Å². The summed E-state index contributed by atoms with van der Waals surface area (Å²) in [6.07, 6.45) is 4.68. The number of rotatable bonds is 3. The third-order valence-electron chi connectivity index (χ3n) is 4.14. The van der Waals surface area contributed by atoms with Gasteiger partial charge < -0.3 is 11.1 Å². The summed E-state index contributed by atoms with van der Waals surface area (Å²) < 4.78 is 1.96. The summed E-state index contributed by atoms with van der Waals surface area (Å²) in [5, 5.41) is 7.75. The van der Waals surface area contributed by atoms with E-state index in [2.05, 4.69) is 28.4 Å². The molecule has 1 aromatic heterocycles. The Bertz CT molecular complexity index is 699. The molecule has 3 N–H and O–H groups in total. The van der Waals surface area contributed by atoms with E-state index in [1.54, 1.807) is 0 Å². The second kappa shape index (κ2) is 6.22. The van der Waals surface area contributed by atoms with Crippen molar-refractivity contribution in [1.82, 2.24) is 9.78 Å². The van der Waals surface area contributed by atoms with Crippen LogP contribution in [0.4, 0.5) is 5.69 Å². The Morgan fingerprint density at radius 2 is 2.18 bits per heavy atom. The molecule has 5 nitrogen and oxygen atoms in total. The minimum absolute atomic E-state index is 0.441. The average Bonchev–Trinajstić information content (AvgIpc) is 2.80. The van der Waals surface area contributed by atoms with Gasteiger partial charge in [-0.05, 0) is 55.9 Å². The highest BCUT2D eigenvalue weighted by molar-refractivity contribution is 5.92. The van der Waals surface area contributed by atoms with Crippen LogP contribution in [0, 0.1) is 6.92 Å². The second-order valence-electron chi connectivity index (χ2n) is 5.90. The van der Waals surface area contributed by atoms with Crippen LogP contribution in [0.1, 0.15) is 35.4 Å². The number of hydrogen-bond donors (Lipinski definition) is 2. The Morgan fingerprint density at radius 3 is 3.00 bits per heavy atom. The number of anilines is 1. The number of nitrogens with two attached hydrogens (primary N) is 1. The maximum Gasteiger partial charge on any atom is 0.193 e. The first kappa shape index (κ1) is 14.6. The number of aliphatic imine (C=N–C) groups is 1. The van der Waals surface area contributed by atoms with Gasteiger partial charge in [0.1, 0.15) is 0 Å². The van der Waals surface area contributed by atoms with Gasteiger partial charge in [-0.1, -0.05) is 12.1 Å². The highest BCUT2D eigenvalue weighted by atomic mass is 15.3. The Hall–Kier alpha value is -2.30. The van der Waals surface area contributed by atoms with Crippen molar-refractivity contribution in [3.63, 3.8) is 0 Å². The number of nitrogens with one attached hydrogen (secondary N) is 1. The zero-order valence-electron chi connectivity index (χ0n) is 13.3. The van der Waals surface area contributed by atoms with Gasteiger partial charge in [-0.15, -0.1) is 0 Å². The fourth-order valence-electron chi connectivity index (χ4n) is 3.02. The Labute approximate surface area is 131 Å². The number of fused-ring (bicyclic) bond motifs is 1. The number of aromatic nitrogens is 2. The molecule has 1 heterocycles. The molecule has 5 heteroatoms. The van der Waals surface area contributed by atoms with Gasteiger partial charge in [-0.2, -0.15) is 5.10 Å². The van der Waals surface area contributed by atoms with E-state index in [0.717, 1.165) is 18.5 Å². The van der Waals surface area contributed by atoms with E-state index in [1.807, 2.05) is 29.9 Å². The quantitative estimate of drug-likeness (QED) is 0.675. The molecule has 1 aliphatic carbocycles. The summed E-state index contributed by atoms with van der Waals surface area (Å²) in [6, 6.07) is 8.10. The number of hydrogen-bond acceptors (Lipinski definition) is 2. The van der Waals surface area contributed by atoms with Crippen molar-refractivity contribution < 1.29 is 0 Å². The first-order valence-electron chi connectivity index (χ1n) is 7.80. The summed E-state index contributed by atoms with van der Waals surface area (Å²) in [6.45, 7) is 2.63. The van der Waals surface area contributed by atoms with Crippen LogP contribution in [-0.4, -0.2) is 15.7 Å². The molecule has 22 heavy (non-hydrogen) atoms. The van der Waals surface area contributed by atoms with Crippen LogP contribution in [0.2, 0.25) is 0 Å². The molecular formula is C17H23N5. The van der Waals surface area contributed by atoms with Gasteiger partial charge in [0.15, 0.2) is 5.96 Å². The maximum atomic E-state index is 6.01. The van der Waals surface area contributed by atoms with Gasteiger partial charge in [0.05, 0.1) is 17.9 Å². The van der Waals surface area contributed by atoms with E-state index in [9.17, 15) is 0 Å². The third-order valence-corrected chi connectivity index (χ3v) is 4.14. The molecule has 1 aromatic carbocycles. The molecule has 116 valence electrons. The van der Waals surface area contributed by atoms with E-state index < -0.39 is 0 Å². The van der Waals surface area contributed by atoms with Gasteiger partial charge in [0.25, 0.3) is 0 Å². The summed E-state index contributed by atoms with van der Waals surface area (Å²) in [7, 11) is 1.99. The fraction of sp³-hybridized carbons (Fsp3) is 0.412. The molecule has 0 aliphatic heterocycles. The Morgan fingerprint density at radius 1 is 1.36 bits per heavy atom. The Kier molecular flexibility index (Phi) is 4.13. The second-order valence-corrected chi connectivity index (χ2v) is 5.90. The van der Waals surface area contributed by atoms with Gasteiger partial charge in [-0.3, -0.25) is 4.68 Å². The molecule has 0 spiro atoms. The predicted molar refractivity (Wildman–Crippen MR) is 90.0 cm³/mol. The van der Waals surface area contributed by atoms with Gasteiger partial charge in [-0.25, -0.2) is 4.99 Å². The Balaban J connectivity index is 1.72. The zero-order chi connectivity index (χ0) is 15.5. The summed E-state index contributed by atoms with van der Waals surface area (Å²) >= 11 is 0. The molecule has 0 saturated carbocycles. The van der Waals surface area contributed by atoms with Crippen LogP contribution < -0.4 is 11.1 Å². The van der Waals surface area contributed by atoms with E-state index in [-0.39, 0.29) is 0 Å².